The quantitative estimate of drug-likeness (QED) is 0.768. The monoisotopic (exact) mass is 273 g/mol. The molecule has 0 aromatic carbocycles. The number of hydrogen-bond acceptors (Lipinski definition) is 1. The van der Waals surface area contributed by atoms with Crippen molar-refractivity contribution in [2.45, 2.75) is 63.8 Å². The van der Waals surface area contributed by atoms with Crippen molar-refractivity contribution in [1.82, 2.24) is 4.90 Å². The molecule has 20 heavy (non-hydrogen) atoms. The summed E-state index contributed by atoms with van der Waals surface area (Å²) in [5, 5.41) is 0. The van der Waals surface area contributed by atoms with Crippen LogP contribution in [0.25, 0.3) is 0 Å². The summed E-state index contributed by atoms with van der Waals surface area (Å²) in [6.45, 7) is 1.10. The predicted molar refractivity (Wildman–Crippen MR) is 78.0 cm³/mol. The molecule has 0 heterocycles. The van der Waals surface area contributed by atoms with Crippen molar-refractivity contribution in [1.29, 1.82) is 0 Å². The summed E-state index contributed by atoms with van der Waals surface area (Å²) in [7, 11) is 0. The van der Waals surface area contributed by atoms with Gasteiger partial charge in [-0.05, 0) is 87.4 Å². The van der Waals surface area contributed by atoms with Crippen LogP contribution in [0.2, 0.25) is 0 Å². The van der Waals surface area contributed by atoms with Gasteiger partial charge in [-0.1, -0.05) is 0 Å². The van der Waals surface area contributed by atoms with E-state index in [1.54, 1.807) is 0 Å². The van der Waals surface area contributed by atoms with Crippen LogP contribution in [0.1, 0.15) is 57.8 Å². The molecule has 0 atom stereocenters. The highest BCUT2D eigenvalue weighted by Gasteiger charge is 2.52. The van der Waals surface area contributed by atoms with Gasteiger partial charge in [-0.3, -0.25) is 4.79 Å². The molecule has 6 rings (SSSR count). The van der Waals surface area contributed by atoms with E-state index in [0.717, 1.165) is 36.1 Å². The normalized spacial score (nSPS) is 45.7. The lowest BCUT2D eigenvalue weighted by Crippen LogP contribution is -2.52. The lowest BCUT2D eigenvalue weighted by atomic mass is 9.51. The second-order valence-electron chi connectivity index (χ2n) is 8.62. The highest BCUT2D eigenvalue weighted by Crippen LogP contribution is 2.57. The Morgan fingerprint density at radius 2 is 1.45 bits per heavy atom. The first-order valence-electron chi connectivity index (χ1n) is 9.08. The van der Waals surface area contributed by atoms with Gasteiger partial charge in [0.1, 0.15) is 0 Å². The zero-order valence-corrected chi connectivity index (χ0v) is 12.5. The van der Waals surface area contributed by atoms with Gasteiger partial charge in [-0.2, -0.15) is 0 Å². The maximum Gasteiger partial charge on any atom is 0.226 e. The molecule has 0 unspecified atom stereocenters. The van der Waals surface area contributed by atoms with Crippen LogP contribution in [0.15, 0.2) is 0 Å². The van der Waals surface area contributed by atoms with Gasteiger partial charge in [0.15, 0.2) is 0 Å². The molecular weight excluding hydrogens is 246 g/mol. The molecule has 0 aromatic heterocycles. The number of nitrogens with zero attached hydrogens (tertiary/aromatic N) is 1. The molecule has 0 aliphatic heterocycles. The van der Waals surface area contributed by atoms with E-state index < -0.39 is 0 Å². The Bertz CT molecular complexity index is 395. The van der Waals surface area contributed by atoms with Crippen LogP contribution in [0.5, 0.6) is 0 Å². The van der Waals surface area contributed by atoms with E-state index in [-0.39, 0.29) is 0 Å². The fourth-order valence-electron chi connectivity index (χ4n) is 5.90. The van der Waals surface area contributed by atoms with E-state index in [1.807, 2.05) is 0 Å². The molecule has 0 spiro atoms. The van der Waals surface area contributed by atoms with Gasteiger partial charge in [0, 0.05) is 18.5 Å². The summed E-state index contributed by atoms with van der Waals surface area (Å²) >= 11 is 0. The fourth-order valence-corrected chi connectivity index (χ4v) is 5.90. The topological polar surface area (TPSA) is 20.3 Å². The molecule has 1 amide bonds. The predicted octanol–water partition coefficient (Wildman–Crippen LogP) is 3.46. The summed E-state index contributed by atoms with van der Waals surface area (Å²) in [6.07, 6.45) is 12.3. The molecule has 6 saturated carbocycles. The molecule has 0 N–H and O–H groups in total. The van der Waals surface area contributed by atoms with Gasteiger partial charge in [0.2, 0.25) is 5.91 Å². The Morgan fingerprint density at radius 3 is 1.95 bits per heavy atom. The zero-order valence-electron chi connectivity index (χ0n) is 12.5. The molecule has 2 nitrogen and oxygen atoms in total. The van der Waals surface area contributed by atoms with Gasteiger partial charge in [0.05, 0.1) is 0 Å². The maximum absolute atomic E-state index is 13.2. The van der Waals surface area contributed by atoms with Gasteiger partial charge in [-0.15, -0.1) is 0 Å². The number of carbonyl (C=O) groups is 1. The molecule has 0 radical (unpaired) electrons. The summed E-state index contributed by atoms with van der Waals surface area (Å²) in [6, 6.07) is 0.639. The van der Waals surface area contributed by atoms with Crippen molar-refractivity contribution in [3.05, 3.63) is 0 Å². The van der Waals surface area contributed by atoms with E-state index in [9.17, 15) is 4.79 Å². The van der Waals surface area contributed by atoms with Crippen LogP contribution in [0.3, 0.4) is 0 Å². The third-order valence-corrected chi connectivity index (χ3v) is 6.93. The van der Waals surface area contributed by atoms with Crippen molar-refractivity contribution in [3.8, 4) is 0 Å². The molecule has 6 aliphatic carbocycles. The summed E-state index contributed by atoms with van der Waals surface area (Å²) in [5.41, 5.74) is 0. The fraction of sp³-hybridized carbons (Fsp3) is 0.944. The van der Waals surface area contributed by atoms with Crippen molar-refractivity contribution in [3.63, 3.8) is 0 Å². The molecule has 4 bridgehead atoms. The van der Waals surface area contributed by atoms with Crippen LogP contribution in [-0.4, -0.2) is 23.4 Å². The van der Waals surface area contributed by atoms with Crippen LogP contribution < -0.4 is 0 Å². The van der Waals surface area contributed by atoms with E-state index in [0.29, 0.717) is 17.9 Å². The van der Waals surface area contributed by atoms with Gasteiger partial charge >= 0.3 is 0 Å². The molecular formula is C18H27NO. The third kappa shape index (κ3) is 1.94. The van der Waals surface area contributed by atoms with E-state index in [2.05, 4.69) is 4.90 Å². The Balaban J connectivity index is 1.36. The minimum Gasteiger partial charge on any atom is -0.339 e. The van der Waals surface area contributed by atoms with Gasteiger partial charge < -0.3 is 4.90 Å². The van der Waals surface area contributed by atoms with Gasteiger partial charge in [-0.25, -0.2) is 0 Å². The number of rotatable bonds is 4. The SMILES string of the molecule is O=C(C1C2CC3CC(C2)CC1C3)N(CC1CC1)C1CC1. The van der Waals surface area contributed by atoms with Crippen molar-refractivity contribution < 1.29 is 4.79 Å². The smallest absolute Gasteiger partial charge is 0.226 e. The van der Waals surface area contributed by atoms with Crippen LogP contribution in [-0.2, 0) is 4.79 Å². The molecule has 6 fully saturated rings. The van der Waals surface area contributed by atoms with Crippen LogP contribution >= 0.6 is 0 Å². The summed E-state index contributed by atoms with van der Waals surface area (Å²) in [4.78, 5) is 15.6. The molecule has 6 aliphatic rings. The van der Waals surface area contributed by atoms with E-state index in [1.165, 1.54) is 57.8 Å². The Hall–Kier alpha value is -0.530. The Labute approximate surface area is 122 Å². The van der Waals surface area contributed by atoms with E-state index >= 15 is 0 Å². The lowest BCUT2D eigenvalue weighted by Gasteiger charge is -2.54. The Morgan fingerprint density at radius 1 is 0.850 bits per heavy atom. The van der Waals surface area contributed by atoms with Crippen molar-refractivity contribution in [2.24, 2.45) is 35.5 Å². The standard InChI is InChI=1S/C18H27NO/c20-18(19(16-3-4-16)10-11-1-2-11)17-14-6-12-5-13(8-14)9-15(17)7-12/h11-17H,1-10H2. The van der Waals surface area contributed by atoms with Crippen LogP contribution in [0.4, 0.5) is 0 Å². The average Bonchev–Trinajstić information content (AvgIpc) is 3.28. The molecule has 0 aromatic rings. The first-order valence-corrected chi connectivity index (χ1v) is 9.08. The summed E-state index contributed by atoms with van der Waals surface area (Å²) in [5.74, 6) is 5.38. The highest BCUT2D eigenvalue weighted by molar-refractivity contribution is 5.80. The van der Waals surface area contributed by atoms with Crippen LogP contribution in [0, 0.1) is 35.5 Å². The molecule has 2 heteroatoms. The van der Waals surface area contributed by atoms with Gasteiger partial charge in [0.25, 0.3) is 0 Å². The number of amides is 1. The highest BCUT2D eigenvalue weighted by atomic mass is 16.2. The second-order valence-corrected chi connectivity index (χ2v) is 8.62. The first kappa shape index (κ1) is 12.1. The summed E-state index contributed by atoms with van der Waals surface area (Å²) < 4.78 is 0. The number of carbonyl (C=O) groups excluding carboxylic acids is 1. The van der Waals surface area contributed by atoms with Crippen molar-refractivity contribution in [2.75, 3.05) is 6.54 Å². The van der Waals surface area contributed by atoms with E-state index in [4.69, 9.17) is 0 Å². The van der Waals surface area contributed by atoms with Crippen molar-refractivity contribution >= 4 is 5.91 Å². The second kappa shape index (κ2) is 4.24. The average molecular weight is 273 g/mol. The maximum atomic E-state index is 13.2. The number of hydrogen-bond donors (Lipinski definition) is 0. The lowest BCUT2D eigenvalue weighted by molar-refractivity contribution is -0.150. The zero-order chi connectivity index (χ0) is 13.3. The minimum atomic E-state index is 0.433. The first-order chi connectivity index (χ1) is 9.78. The minimum absolute atomic E-state index is 0.433. The Kier molecular flexibility index (Phi) is 2.56. The molecule has 0 saturated heterocycles. The molecule has 110 valence electrons. The third-order valence-electron chi connectivity index (χ3n) is 6.93. The largest absolute Gasteiger partial charge is 0.339 e.